The molecule has 15 heavy (non-hydrogen) atoms. The largest absolute Gasteiger partial charge is 0.386 e. The fourth-order valence-electron chi connectivity index (χ4n) is 1.67. The molecule has 0 radical (unpaired) electrons. The summed E-state index contributed by atoms with van der Waals surface area (Å²) in [7, 11) is 0. The minimum atomic E-state index is 0.492. The number of anilines is 1. The molecule has 0 aromatic heterocycles. The Bertz CT molecular complexity index is 354. The van der Waals surface area contributed by atoms with Crippen LogP contribution < -0.4 is 16.4 Å². The number of rotatable bonds is 3. The van der Waals surface area contributed by atoms with E-state index in [2.05, 4.69) is 47.9 Å². The van der Waals surface area contributed by atoms with Gasteiger partial charge < -0.3 is 16.4 Å². The fourth-order valence-corrected chi connectivity index (χ4v) is 1.67. The SMILES string of the molecule is Cc1ccc(NC[C@@H]2C=C(N)NC2)cc1. The van der Waals surface area contributed by atoms with Crippen molar-refractivity contribution in [3.05, 3.63) is 41.7 Å². The van der Waals surface area contributed by atoms with Gasteiger partial charge in [0.15, 0.2) is 0 Å². The lowest BCUT2D eigenvalue weighted by Crippen LogP contribution is -2.20. The highest BCUT2D eigenvalue weighted by Crippen LogP contribution is 2.11. The monoisotopic (exact) mass is 203 g/mol. The summed E-state index contributed by atoms with van der Waals surface area (Å²) >= 11 is 0. The quantitative estimate of drug-likeness (QED) is 0.696. The van der Waals surface area contributed by atoms with Gasteiger partial charge in [0.1, 0.15) is 0 Å². The zero-order valence-corrected chi connectivity index (χ0v) is 8.96. The smallest absolute Gasteiger partial charge is 0.0923 e. The Hall–Kier alpha value is -1.64. The van der Waals surface area contributed by atoms with Crippen LogP contribution in [0, 0.1) is 12.8 Å². The molecule has 1 atom stereocenters. The van der Waals surface area contributed by atoms with Gasteiger partial charge in [-0.1, -0.05) is 17.7 Å². The minimum Gasteiger partial charge on any atom is -0.386 e. The van der Waals surface area contributed by atoms with Crippen LogP contribution in [-0.4, -0.2) is 13.1 Å². The van der Waals surface area contributed by atoms with Crippen molar-refractivity contribution in [2.24, 2.45) is 11.7 Å². The maximum atomic E-state index is 5.64. The molecule has 0 fully saturated rings. The summed E-state index contributed by atoms with van der Waals surface area (Å²) in [5, 5.41) is 6.51. The van der Waals surface area contributed by atoms with Crippen LogP contribution in [0.15, 0.2) is 36.2 Å². The number of hydrogen-bond donors (Lipinski definition) is 3. The summed E-state index contributed by atoms with van der Waals surface area (Å²) in [6.45, 7) is 3.95. The molecule has 1 aliphatic rings. The molecule has 0 saturated heterocycles. The van der Waals surface area contributed by atoms with Gasteiger partial charge in [-0.15, -0.1) is 0 Å². The molecule has 0 aliphatic carbocycles. The highest BCUT2D eigenvalue weighted by Gasteiger charge is 2.12. The maximum absolute atomic E-state index is 5.64. The lowest BCUT2D eigenvalue weighted by atomic mass is 10.1. The molecule has 0 amide bonds. The lowest BCUT2D eigenvalue weighted by Gasteiger charge is -2.10. The van der Waals surface area contributed by atoms with Crippen molar-refractivity contribution in [1.82, 2.24) is 5.32 Å². The first-order valence-corrected chi connectivity index (χ1v) is 5.26. The van der Waals surface area contributed by atoms with E-state index in [9.17, 15) is 0 Å². The summed E-state index contributed by atoms with van der Waals surface area (Å²) in [6, 6.07) is 8.43. The van der Waals surface area contributed by atoms with Crippen molar-refractivity contribution >= 4 is 5.69 Å². The zero-order valence-electron chi connectivity index (χ0n) is 8.96. The van der Waals surface area contributed by atoms with Gasteiger partial charge in [-0.25, -0.2) is 0 Å². The molecule has 0 bridgehead atoms. The molecule has 2 rings (SSSR count). The Morgan fingerprint density at radius 3 is 2.73 bits per heavy atom. The van der Waals surface area contributed by atoms with Gasteiger partial charge in [0.25, 0.3) is 0 Å². The molecule has 0 unspecified atom stereocenters. The van der Waals surface area contributed by atoms with Crippen molar-refractivity contribution in [2.75, 3.05) is 18.4 Å². The molecule has 1 aromatic carbocycles. The summed E-state index contributed by atoms with van der Waals surface area (Å²) in [6.07, 6.45) is 2.07. The maximum Gasteiger partial charge on any atom is 0.0923 e. The Morgan fingerprint density at radius 2 is 2.13 bits per heavy atom. The summed E-state index contributed by atoms with van der Waals surface area (Å²) in [5.41, 5.74) is 8.09. The van der Waals surface area contributed by atoms with Crippen LogP contribution in [0.25, 0.3) is 0 Å². The van der Waals surface area contributed by atoms with Gasteiger partial charge in [0.05, 0.1) is 5.82 Å². The number of hydrogen-bond acceptors (Lipinski definition) is 3. The van der Waals surface area contributed by atoms with Crippen LogP contribution in [0.3, 0.4) is 0 Å². The van der Waals surface area contributed by atoms with Crippen molar-refractivity contribution in [3.63, 3.8) is 0 Å². The van der Waals surface area contributed by atoms with Gasteiger partial charge in [-0.05, 0) is 25.1 Å². The predicted molar refractivity (Wildman–Crippen MR) is 63.4 cm³/mol. The average Bonchev–Trinajstić information content (AvgIpc) is 2.64. The number of nitrogens with two attached hydrogens (primary N) is 1. The summed E-state index contributed by atoms with van der Waals surface area (Å²) in [4.78, 5) is 0. The average molecular weight is 203 g/mol. The van der Waals surface area contributed by atoms with Gasteiger partial charge >= 0.3 is 0 Å². The van der Waals surface area contributed by atoms with Crippen LogP contribution >= 0.6 is 0 Å². The second-order valence-electron chi connectivity index (χ2n) is 4.01. The molecule has 3 nitrogen and oxygen atoms in total. The van der Waals surface area contributed by atoms with E-state index in [4.69, 9.17) is 5.73 Å². The van der Waals surface area contributed by atoms with E-state index in [1.54, 1.807) is 0 Å². The fraction of sp³-hybridized carbons (Fsp3) is 0.333. The molecular weight excluding hydrogens is 186 g/mol. The lowest BCUT2D eigenvalue weighted by molar-refractivity contribution is 0.680. The molecule has 1 aliphatic heterocycles. The van der Waals surface area contributed by atoms with Gasteiger partial charge in [-0.3, -0.25) is 0 Å². The van der Waals surface area contributed by atoms with Crippen molar-refractivity contribution in [2.45, 2.75) is 6.92 Å². The first kappa shape index (κ1) is 9.90. The molecule has 4 N–H and O–H groups in total. The Balaban J connectivity index is 1.86. The van der Waals surface area contributed by atoms with E-state index in [0.717, 1.165) is 18.9 Å². The first-order valence-electron chi connectivity index (χ1n) is 5.26. The van der Waals surface area contributed by atoms with Crippen molar-refractivity contribution < 1.29 is 0 Å². The van der Waals surface area contributed by atoms with Crippen LogP contribution in [0.4, 0.5) is 5.69 Å². The third-order valence-electron chi connectivity index (χ3n) is 2.60. The van der Waals surface area contributed by atoms with Crippen LogP contribution in [0.1, 0.15) is 5.56 Å². The van der Waals surface area contributed by atoms with Gasteiger partial charge in [0.2, 0.25) is 0 Å². The molecule has 3 heteroatoms. The van der Waals surface area contributed by atoms with Crippen LogP contribution in [0.2, 0.25) is 0 Å². The summed E-state index contributed by atoms with van der Waals surface area (Å²) in [5.74, 6) is 1.29. The van der Waals surface area contributed by atoms with Crippen molar-refractivity contribution in [3.8, 4) is 0 Å². The first-order chi connectivity index (χ1) is 7.24. The highest BCUT2D eigenvalue weighted by molar-refractivity contribution is 5.44. The molecule has 0 saturated carbocycles. The van der Waals surface area contributed by atoms with E-state index < -0.39 is 0 Å². The van der Waals surface area contributed by atoms with Crippen molar-refractivity contribution in [1.29, 1.82) is 0 Å². The summed E-state index contributed by atoms with van der Waals surface area (Å²) < 4.78 is 0. The zero-order chi connectivity index (χ0) is 10.7. The number of benzene rings is 1. The number of aryl methyl sites for hydroxylation is 1. The van der Waals surface area contributed by atoms with E-state index >= 15 is 0 Å². The van der Waals surface area contributed by atoms with E-state index in [1.165, 1.54) is 11.3 Å². The Morgan fingerprint density at radius 1 is 1.40 bits per heavy atom. The molecule has 80 valence electrons. The standard InChI is InChI=1S/C12H17N3/c1-9-2-4-11(5-3-9)14-7-10-6-12(13)15-8-10/h2-6,10,14-15H,7-8,13H2,1H3/t10-/m0/s1. The molecule has 0 spiro atoms. The van der Waals surface area contributed by atoms with Crippen LogP contribution in [0.5, 0.6) is 0 Å². The minimum absolute atomic E-state index is 0.492. The normalized spacial score (nSPS) is 19.5. The van der Waals surface area contributed by atoms with Gasteiger partial charge in [0, 0.05) is 24.7 Å². The van der Waals surface area contributed by atoms with E-state index in [-0.39, 0.29) is 0 Å². The predicted octanol–water partition coefficient (Wildman–Crippen LogP) is 1.43. The third kappa shape index (κ3) is 2.65. The molecular formula is C12H17N3. The third-order valence-corrected chi connectivity index (χ3v) is 2.60. The molecule has 1 aromatic rings. The number of nitrogens with one attached hydrogen (secondary N) is 2. The van der Waals surface area contributed by atoms with Crippen LogP contribution in [-0.2, 0) is 0 Å². The topological polar surface area (TPSA) is 50.1 Å². The Labute approximate surface area is 90.4 Å². The molecule has 1 heterocycles. The highest BCUT2D eigenvalue weighted by atomic mass is 15.0. The van der Waals surface area contributed by atoms with E-state index in [1.807, 2.05) is 0 Å². The second kappa shape index (κ2) is 4.26. The second-order valence-corrected chi connectivity index (χ2v) is 4.01. The van der Waals surface area contributed by atoms with E-state index in [0.29, 0.717) is 5.92 Å². The Kier molecular flexibility index (Phi) is 2.81. The van der Waals surface area contributed by atoms with Gasteiger partial charge in [-0.2, -0.15) is 0 Å².